The minimum atomic E-state index is -1.15. The highest BCUT2D eigenvalue weighted by atomic mass is 79.9. The number of alkyl halides is 1. The molecule has 2 rings (SSSR count). The first-order valence-electron chi connectivity index (χ1n) is 4.74. The lowest BCUT2D eigenvalue weighted by molar-refractivity contribution is -0.136. The van der Waals surface area contributed by atoms with Crippen LogP contribution in [0.1, 0.15) is 5.69 Å². The van der Waals surface area contributed by atoms with E-state index in [1.165, 1.54) is 0 Å². The highest BCUT2D eigenvalue weighted by Crippen LogP contribution is 2.24. The van der Waals surface area contributed by atoms with E-state index < -0.39 is 12.2 Å². The van der Waals surface area contributed by atoms with Gasteiger partial charge < -0.3 is 10.1 Å². The maximum absolute atomic E-state index is 13.2. The number of carbonyl (C=O) groups is 1. The Morgan fingerprint density at radius 2 is 2.44 bits per heavy atom. The Bertz CT molecular complexity index is 416. The third-order valence-corrected chi connectivity index (χ3v) is 2.84. The lowest BCUT2D eigenvalue weighted by Gasteiger charge is -2.34. The molecule has 0 bridgehead atoms. The first-order chi connectivity index (χ1) is 7.66. The van der Waals surface area contributed by atoms with Crippen LogP contribution < -0.4 is 5.32 Å². The molecule has 0 aromatic carbocycles. The van der Waals surface area contributed by atoms with Crippen molar-refractivity contribution < 1.29 is 13.9 Å². The van der Waals surface area contributed by atoms with Crippen LogP contribution in [0, 0.1) is 0 Å². The van der Waals surface area contributed by atoms with Crippen molar-refractivity contribution in [1.82, 2.24) is 10.3 Å². The van der Waals surface area contributed by atoms with Gasteiger partial charge in [0.05, 0.1) is 12.3 Å². The second-order valence-corrected chi connectivity index (χ2v) is 4.41. The largest absolute Gasteiger partial charge is 0.369 e. The van der Waals surface area contributed by atoms with Crippen LogP contribution in [0.3, 0.4) is 0 Å². The van der Waals surface area contributed by atoms with Crippen LogP contribution in [-0.4, -0.2) is 30.8 Å². The Balaban J connectivity index is 2.37. The summed E-state index contributed by atoms with van der Waals surface area (Å²) in [5.74, 6) is -0.328. The molecule has 1 atom stereocenters. The van der Waals surface area contributed by atoms with Crippen LogP contribution in [0.25, 0.3) is 0 Å². The maximum Gasteiger partial charge on any atom is 0.246 e. The molecule has 2 heterocycles. The Labute approximate surface area is 100 Å². The number of hydrogen-bond donors (Lipinski definition) is 1. The standard InChI is InChI=1S/C10H10BrFN2O2/c11-8-3-1-2-7(13-8)10(5-12)6-16-4-9(15)14-10/h1-3H,4-6H2,(H,14,15). The smallest absolute Gasteiger partial charge is 0.246 e. The van der Waals surface area contributed by atoms with E-state index in [1.807, 2.05) is 0 Å². The Morgan fingerprint density at radius 3 is 3.06 bits per heavy atom. The molecule has 1 saturated heterocycles. The summed E-state index contributed by atoms with van der Waals surface area (Å²) in [6.45, 7) is -0.684. The number of amides is 1. The number of nitrogens with zero attached hydrogens (tertiary/aromatic N) is 1. The van der Waals surface area contributed by atoms with Crippen LogP contribution >= 0.6 is 15.9 Å². The van der Waals surface area contributed by atoms with Gasteiger partial charge in [0.25, 0.3) is 0 Å². The number of aromatic nitrogens is 1. The average molecular weight is 289 g/mol. The van der Waals surface area contributed by atoms with Gasteiger partial charge in [0, 0.05) is 0 Å². The summed E-state index contributed by atoms with van der Waals surface area (Å²) in [4.78, 5) is 15.4. The molecule has 4 nitrogen and oxygen atoms in total. The predicted molar refractivity (Wildman–Crippen MR) is 58.6 cm³/mol. The number of morpholine rings is 1. The fourth-order valence-electron chi connectivity index (χ4n) is 1.61. The first-order valence-corrected chi connectivity index (χ1v) is 5.53. The van der Waals surface area contributed by atoms with E-state index in [4.69, 9.17) is 4.74 Å². The van der Waals surface area contributed by atoms with Crippen LogP contribution in [-0.2, 0) is 15.1 Å². The molecule has 0 aliphatic carbocycles. The summed E-state index contributed by atoms with van der Waals surface area (Å²) >= 11 is 3.21. The molecular weight excluding hydrogens is 279 g/mol. The van der Waals surface area contributed by atoms with Gasteiger partial charge in [-0.2, -0.15) is 0 Å². The van der Waals surface area contributed by atoms with Crippen LogP contribution in [0.4, 0.5) is 4.39 Å². The number of rotatable bonds is 2. The van der Waals surface area contributed by atoms with Crippen molar-refractivity contribution in [1.29, 1.82) is 0 Å². The zero-order chi connectivity index (χ0) is 11.6. The molecule has 1 aromatic heterocycles. The predicted octanol–water partition coefficient (Wildman–Crippen LogP) is 1.16. The van der Waals surface area contributed by atoms with Crippen molar-refractivity contribution >= 4 is 21.8 Å². The SMILES string of the molecule is O=C1COCC(CF)(c2cccc(Br)n2)N1. The number of halogens is 2. The molecular formula is C10H10BrFN2O2. The molecule has 1 aromatic rings. The van der Waals surface area contributed by atoms with Gasteiger partial charge in [-0.3, -0.25) is 4.79 Å². The molecule has 0 saturated carbocycles. The summed E-state index contributed by atoms with van der Waals surface area (Å²) in [7, 11) is 0. The Morgan fingerprint density at radius 1 is 1.62 bits per heavy atom. The van der Waals surface area contributed by atoms with Gasteiger partial charge in [-0.25, -0.2) is 9.37 Å². The number of pyridine rings is 1. The van der Waals surface area contributed by atoms with Gasteiger partial charge in [-0.05, 0) is 28.1 Å². The third-order valence-electron chi connectivity index (χ3n) is 2.39. The number of ether oxygens (including phenoxy) is 1. The molecule has 0 spiro atoms. The van der Waals surface area contributed by atoms with Gasteiger partial charge in [0.15, 0.2) is 0 Å². The quantitative estimate of drug-likeness (QED) is 0.831. The second kappa shape index (κ2) is 4.47. The van der Waals surface area contributed by atoms with Crippen LogP contribution in [0.2, 0.25) is 0 Å². The molecule has 0 radical (unpaired) electrons. The van der Waals surface area contributed by atoms with Gasteiger partial charge in [-0.15, -0.1) is 0 Å². The lowest BCUT2D eigenvalue weighted by atomic mass is 9.96. The third kappa shape index (κ3) is 2.08. The summed E-state index contributed by atoms with van der Waals surface area (Å²) in [6, 6.07) is 5.14. The van der Waals surface area contributed by atoms with Gasteiger partial charge in [0.1, 0.15) is 23.4 Å². The fourth-order valence-corrected chi connectivity index (χ4v) is 1.95. The van der Waals surface area contributed by atoms with E-state index in [0.29, 0.717) is 10.3 Å². The van der Waals surface area contributed by atoms with E-state index in [-0.39, 0.29) is 19.1 Å². The molecule has 1 fully saturated rings. The Kier molecular flexibility index (Phi) is 3.20. The minimum absolute atomic E-state index is 0.0320. The lowest BCUT2D eigenvalue weighted by Crippen LogP contribution is -2.56. The van der Waals surface area contributed by atoms with Crippen molar-refractivity contribution in [3.05, 3.63) is 28.5 Å². The highest BCUT2D eigenvalue weighted by molar-refractivity contribution is 9.10. The molecule has 86 valence electrons. The van der Waals surface area contributed by atoms with Gasteiger partial charge in [0.2, 0.25) is 5.91 Å². The summed E-state index contributed by atoms with van der Waals surface area (Å²) in [5, 5.41) is 2.60. The molecule has 1 N–H and O–H groups in total. The summed E-state index contributed by atoms with van der Waals surface area (Å²) < 4.78 is 18.8. The molecule has 1 unspecified atom stereocenters. The number of nitrogens with one attached hydrogen (secondary N) is 1. The topological polar surface area (TPSA) is 51.2 Å². The molecule has 16 heavy (non-hydrogen) atoms. The fraction of sp³-hybridized carbons (Fsp3) is 0.400. The van der Waals surface area contributed by atoms with Crippen molar-refractivity contribution in [3.63, 3.8) is 0 Å². The summed E-state index contributed by atoms with van der Waals surface area (Å²) in [5.41, 5.74) is -0.698. The van der Waals surface area contributed by atoms with E-state index >= 15 is 0 Å². The highest BCUT2D eigenvalue weighted by Gasteiger charge is 2.39. The molecule has 1 amide bonds. The maximum atomic E-state index is 13.2. The zero-order valence-corrected chi connectivity index (χ0v) is 9.96. The van der Waals surface area contributed by atoms with Gasteiger partial charge >= 0.3 is 0 Å². The normalized spacial score (nSPS) is 25.2. The zero-order valence-electron chi connectivity index (χ0n) is 8.37. The van der Waals surface area contributed by atoms with Gasteiger partial charge in [-0.1, -0.05) is 6.07 Å². The molecule has 1 aliphatic rings. The van der Waals surface area contributed by atoms with E-state index in [0.717, 1.165) is 0 Å². The van der Waals surface area contributed by atoms with E-state index in [2.05, 4.69) is 26.2 Å². The number of hydrogen-bond acceptors (Lipinski definition) is 3. The van der Waals surface area contributed by atoms with Crippen molar-refractivity contribution in [2.24, 2.45) is 0 Å². The van der Waals surface area contributed by atoms with Crippen LogP contribution in [0.15, 0.2) is 22.8 Å². The van der Waals surface area contributed by atoms with Crippen molar-refractivity contribution in [2.45, 2.75) is 5.54 Å². The van der Waals surface area contributed by atoms with Crippen molar-refractivity contribution in [2.75, 3.05) is 19.9 Å². The average Bonchev–Trinajstić information content (AvgIpc) is 2.29. The van der Waals surface area contributed by atoms with E-state index in [1.54, 1.807) is 18.2 Å². The second-order valence-electron chi connectivity index (χ2n) is 3.60. The number of carbonyl (C=O) groups excluding carboxylic acids is 1. The van der Waals surface area contributed by atoms with Crippen molar-refractivity contribution in [3.8, 4) is 0 Å². The van der Waals surface area contributed by atoms with E-state index in [9.17, 15) is 9.18 Å². The minimum Gasteiger partial charge on any atom is -0.369 e. The summed E-state index contributed by atoms with van der Waals surface area (Å²) in [6.07, 6.45) is 0. The first kappa shape index (κ1) is 11.5. The molecule has 6 heteroatoms. The monoisotopic (exact) mass is 288 g/mol. The van der Waals surface area contributed by atoms with Crippen LogP contribution in [0.5, 0.6) is 0 Å². The Hall–Kier alpha value is -1.01. The molecule has 1 aliphatic heterocycles.